The Morgan fingerprint density at radius 1 is 0.608 bits per heavy atom. The van der Waals surface area contributed by atoms with E-state index in [0.717, 1.165) is 43.6 Å². The normalized spacial score (nSPS) is 11.7. The summed E-state index contributed by atoms with van der Waals surface area (Å²) in [6.07, 6.45) is 1.81. The Kier molecular flexibility index (Phi) is 10.4. The number of phenolic OH excluding ortho intramolecular Hbond substituents is 1. The molecule has 4 nitrogen and oxygen atoms in total. The van der Waals surface area contributed by atoms with E-state index in [1.165, 1.54) is 21.9 Å². The van der Waals surface area contributed by atoms with E-state index in [1.807, 2.05) is 42.6 Å². The molecule has 7 aromatic rings. The number of aromatic nitrogens is 3. The summed E-state index contributed by atoms with van der Waals surface area (Å²) >= 11 is 1.57. The van der Waals surface area contributed by atoms with Crippen LogP contribution in [0.5, 0.6) is 5.75 Å². The van der Waals surface area contributed by atoms with Crippen molar-refractivity contribution in [3.05, 3.63) is 145 Å². The van der Waals surface area contributed by atoms with Gasteiger partial charge in [0.25, 0.3) is 0 Å². The van der Waals surface area contributed by atoms with Crippen LogP contribution in [0.15, 0.2) is 137 Å². The van der Waals surface area contributed by atoms with Gasteiger partial charge >= 0.3 is 0 Å². The van der Waals surface area contributed by atoms with E-state index in [0.29, 0.717) is 11.4 Å². The number of para-hydroxylation sites is 1. The van der Waals surface area contributed by atoms with Crippen LogP contribution in [-0.4, -0.2) is 20.1 Å². The Bertz CT molecular complexity index is 2300. The molecular weight excluding hydrogens is 826 g/mol. The Hall–Kier alpha value is -4.57. The molecule has 5 aromatic carbocycles. The predicted octanol–water partition coefficient (Wildman–Crippen LogP) is 11.9. The summed E-state index contributed by atoms with van der Waals surface area (Å²) in [5.74, 6) is 0.589. The summed E-state index contributed by atoms with van der Waals surface area (Å²) in [5.41, 5.74) is 8.46. The summed E-state index contributed by atoms with van der Waals surface area (Å²) < 4.78 is 0. The van der Waals surface area contributed by atoms with Gasteiger partial charge in [0, 0.05) is 32.8 Å². The molecule has 0 radical (unpaired) electrons. The first-order valence-electron chi connectivity index (χ1n) is 16.9. The van der Waals surface area contributed by atoms with E-state index in [9.17, 15) is 5.11 Å². The maximum absolute atomic E-state index is 11.0. The van der Waals surface area contributed by atoms with Crippen LogP contribution in [0.2, 0.25) is 0 Å². The molecule has 2 aromatic heterocycles. The van der Waals surface area contributed by atoms with Crippen molar-refractivity contribution in [1.29, 1.82) is 0 Å². The van der Waals surface area contributed by atoms with Gasteiger partial charge in [0.05, 0.1) is 16.3 Å². The third-order valence-electron chi connectivity index (χ3n) is 8.91. The van der Waals surface area contributed by atoms with Crippen molar-refractivity contribution in [1.82, 2.24) is 15.0 Å². The van der Waals surface area contributed by atoms with Crippen molar-refractivity contribution in [2.24, 2.45) is 0 Å². The minimum atomic E-state index is -0.0649. The molecule has 0 aliphatic rings. The third-order valence-corrected chi connectivity index (χ3v) is 9.80. The minimum absolute atomic E-state index is 0. The Morgan fingerprint density at radius 3 is 1.96 bits per heavy atom. The Morgan fingerprint density at radius 2 is 1.25 bits per heavy atom. The van der Waals surface area contributed by atoms with Crippen LogP contribution >= 0.6 is 11.8 Å². The number of hydrogen-bond donors (Lipinski definition) is 1. The van der Waals surface area contributed by atoms with E-state index in [2.05, 4.69) is 131 Å². The molecule has 0 atom stereocenters. The van der Waals surface area contributed by atoms with E-state index in [1.54, 1.807) is 17.8 Å². The monoisotopic (exact) mass is 865 g/mol. The molecule has 0 aliphatic carbocycles. The van der Waals surface area contributed by atoms with Crippen LogP contribution in [0.1, 0.15) is 52.7 Å². The average molecular weight is 866 g/mol. The fourth-order valence-electron chi connectivity index (χ4n) is 6.05. The maximum Gasteiger partial charge on any atom is 0.154 e. The zero-order valence-corrected chi connectivity index (χ0v) is 32.7. The predicted molar refractivity (Wildman–Crippen MR) is 208 cm³/mol. The number of benzene rings is 5. The molecule has 0 saturated heterocycles. The van der Waals surface area contributed by atoms with Crippen molar-refractivity contribution < 1.29 is 26.2 Å². The van der Waals surface area contributed by atoms with Crippen molar-refractivity contribution in [2.75, 3.05) is 0 Å². The molecule has 258 valence electrons. The van der Waals surface area contributed by atoms with Gasteiger partial charge in [-0.2, -0.15) is 0 Å². The molecule has 7 rings (SSSR count). The van der Waals surface area contributed by atoms with Gasteiger partial charge in [-0.3, -0.25) is 4.98 Å². The largest absolute Gasteiger partial charge is 0.507 e. The number of aromatic hydroxyl groups is 1. The van der Waals surface area contributed by atoms with Gasteiger partial charge in [0.15, 0.2) is 5.82 Å². The van der Waals surface area contributed by atoms with Gasteiger partial charge in [-0.15, -0.1) is 23.8 Å². The van der Waals surface area contributed by atoms with Crippen LogP contribution in [0.25, 0.3) is 55.8 Å². The number of pyridine rings is 1. The molecule has 1 N–H and O–H groups in total. The average Bonchev–Trinajstić information content (AvgIpc) is 3.11. The summed E-state index contributed by atoms with van der Waals surface area (Å²) in [6.45, 7) is 13.5. The molecule has 0 bridgehead atoms. The topological polar surface area (TPSA) is 58.9 Å². The van der Waals surface area contributed by atoms with Gasteiger partial charge in [-0.1, -0.05) is 137 Å². The van der Waals surface area contributed by atoms with Crippen molar-refractivity contribution in [3.8, 4) is 50.8 Å². The summed E-state index contributed by atoms with van der Waals surface area (Å²) in [5, 5.41) is 14.2. The summed E-state index contributed by atoms with van der Waals surface area (Å²) in [7, 11) is 0. The van der Waals surface area contributed by atoms with Gasteiger partial charge in [0.2, 0.25) is 0 Å². The first-order chi connectivity index (χ1) is 23.9. The molecule has 0 fully saturated rings. The fraction of sp³-hybridized carbons (Fsp3) is 0.178. The molecule has 0 amide bonds. The van der Waals surface area contributed by atoms with Crippen LogP contribution in [0.4, 0.5) is 0 Å². The molecule has 51 heavy (non-hydrogen) atoms. The minimum Gasteiger partial charge on any atom is -0.507 e. The molecule has 0 spiro atoms. The number of hydrogen-bond acceptors (Lipinski definition) is 5. The van der Waals surface area contributed by atoms with Crippen molar-refractivity contribution in [2.45, 2.75) is 62.3 Å². The number of nitrogens with zero attached hydrogens (tertiary/aromatic N) is 3. The molecular formula is C45H40N3OPtS-. The van der Waals surface area contributed by atoms with Crippen molar-refractivity contribution >= 4 is 22.5 Å². The molecule has 0 aliphatic heterocycles. The molecule has 0 saturated carbocycles. The second-order valence-electron chi connectivity index (χ2n) is 14.7. The third kappa shape index (κ3) is 8.01. The first-order valence-corrected chi connectivity index (χ1v) is 17.7. The van der Waals surface area contributed by atoms with Gasteiger partial charge in [-0.05, 0) is 80.4 Å². The van der Waals surface area contributed by atoms with Crippen LogP contribution in [0.3, 0.4) is 0 Å². The smallest absolute Gasteiger partial charge is 0.154 e. The SMILES string of the molecule is CC(C)(C)c1cc(-c2cc(-c3[c-]c(Sc4ccccn4)cc(-c4cccc5ccccc45)c3)nc(-c3ccccc3O)n2)cc(C(C)(C)C)c1.[Pt]. The van der Waals surface area contributed by atoms with Crippen molar-refractivity contribution in [3.63, 3.8) is 0 Å². The van der Waals surface area contributed by atoms with E-state index in [4.69, 9.17) is 9.97 Å². The summed E-state index contributed by atoms with van der Waals surface area (Å²) in [6, 6.07) is 45.0. The van der Waals surface area contributed by atoms with Crippen LogP contribution in [-0.2, 0) is 31.9 Å². The summed E-state index contributed by atoms with van der Waals surface area (Å²) in [4.78, 5) is 15.8. The second-order valence-corrected chi connectivity index (χ2v) is 15.8. The second kappa shape index (κ2) is 14.6. The standard InChI is InChI=1S/C45H40N3OS.Pt/c1-44(2,3)33-23-32(24-34(27-33)45(4,5)6)40-28-39(47-43(48-40)38-17-9-10-19-41(38)49)31-22-30(25-35(26-31)50-42-20-11-12-21-46-42)37-18-13-15-29-14-7-8-16-36(29)37;/h7-25,27-28,49H,1-6H3;/q-1;. The molecule has 0 unspecified atom stereocenters. The first kappa shape index (κ1) is 36.2. The molecule has 6 heteroatoms. The van der Waals surface area contributed by atoms with E-state index in [-0.39, 0.29) is 37.6 Å². The maximum atomic E-state index is 11.0. The Labute approximate surface area is 319 Å². The number of phenols is 1. The number of fused-ring (bicyclic) bond motifs is 1. The molecule has 2 heterocycles. The van der Waals surface area contributed by atoms with Crippen LogP contribution < -0.4 is 0 Å². The fourth-order valence-corrected chi connectivity index (χ4v) is 6.88. The quantitative estimate of drug-likeness (QED) is 0.169. The zero-order chi connectivity index (χ0) is 35.0. The number of rotatable bonds is 6. The Balaban J connectivity index is 0.00000448. The van der Waals surface area contributed by atoms with E-state index >= 15 is 0 Å². The van der Waals surface area contributed by atoms with E-state index < -0.39 is 0 Å². The van der Waals surface area contributed by atoms with Crippen LogP contribution in [0, 0.1) is 6.07 Å². The van der Waals surface area contributed by atoms with Gasteiger partial charge in [-0.25, -0.2) is 9.97 Å². The zero-order valence-electron chi connectivity index (χ0n) is 29.6. The van der Waals surface area contributed by atoms with Gasteiger partial charge in [0.1, 0.15) is 5.75 Å². The van der Waals surface area contributed by atoms with Gasteiger partial charge < -0.3 is 5.11 Å².